The number of aliphatic hydroxyl groups excluding tert-OH is 1. The van der Waals surface area contributed by atoms with Crippen LogP contribution in [-0.4, -0.2) is 48.8 Å². The van der Waals surface area contributed by atoms with Crippen molar-refractivity contribution in [2.75, 3.05) is 26.7 Å². The highest BCUT2D eigenvalue weighted by Crippen LogP contribution is 2.24. The Morgan fingerprint density at radius 1 is 1.29 bits per heavy atom. The van der Waals surface area contributed by atoms with Crippen molar-refractivity contribution in [1.82, 2.24) is 10.2 Å². The molecule has 0 aromatic carbocycles. The van der Waals surface area contributed by atoms with Crippen LogP contribution >= 0.6 is 0 Å². The normalized spacial score (nSPS) is 17.5. The SMILES string of the molecule is CCCC(C)(CNC(C)C)CN(C)C(C)CO. The summed E-state index contributed by atoms with van der Waals surface area (Å²) < 4.78 is 0. The van der Waals surface area contributed by atoms with E-state index in [1.165, 1.54) is 12.8 Å². The summed E-state index contributed by atoms with van der Waals surface area (Å²) in [5.41, 5.74) is 0.289. The van der Waals surface area contributed by atoms with Gasteiger partial charge in [0.15, 0.2) is 0 Å². The van der Waals surface area contributed by atoms with Crippen LogP contribution in [-0.2, 0) is 0 Å². The Bertz CT molecular complexity index is 197. The van der Waals surface area contributed by atoms with Crippen molar-refractivity contribution in [3.63, 3.8) is 0 Å². The van der Waals surface area contributed by atoms with Gasteiger partial charge in [0.2, 0.25) is 0 Å². The van der Waals surface area contributed by atoms with Gasteiger partial charge in [0.1, 0.15) is 0 Å². The molecule has 0 aliphatic rings. The number of rotatable bonds is 9. The summed E-state index contributed by atoms with van der Waals surface area (Å²) in [5.74, 6) is 0. The molecule has 0 amide bonds. The highest BCUT2D eigenvalue weighted by molar-refractivity contribution is 4.82. The van der Waals surface area contributed by atoms with Crippen LogP contribution in [0, 0.1) is 5.41 Å². The Morgan fingerprint density at radius 2 is 1.88 bits per heavy atom. The lowest BCUT2D eigenvalue weighted by molar-refractivity contribution is 0.103. The number of likely N-dealkylation sites (N-methyl/N-ethyl adjacent to an activating group) is 1. The quantitative estimate of drug-likeness (QED) is 0.652. The Balaban J connectivity index is 4.37. The van der Waals surface area contributed by atoms with Gasteiger partial charge in [0.25, 0.3) is 0 Å². The highest BCUT2D eigenvalue weighted by atomic mass is 16.3. The molecule has 17 heavy (non-hydrogen) atoms. The lowest BCUT2D eigenvalue weighted by Crippen LogP contribution is -2.46. The predicted molar refractivity (Wildman–Crippen MR) is 75.3 cm³/mol. The monoisotopic (exact) mass is 244 g/mol. The van der Waals surface area contributed by atoms with E-state index in [4.69, 9.17) is 0 Å². The topological polar surface area (TPSA) is 35.5 Å². The molecule has 3 heteroatoms. The van der Waals surface area contributed by atoms with Crippen molar-refractivity contribution < 1.29 is 5.11 Å². The number of hydrogen-bond acceptors (Lipinski definition) is 3. The molecule has 2 unspecified atom stereocenters. The predicted octanol–water partition coefficient (Wildman–Crippen LogP) is 2.10. The summed E-state index contributed by atoms with van der Waals surface area (Å²) in [6.45, 7) is 13.3. The lowest BCUT2D eigenvalue weighted by atomic mass is 9.84. The smallest absolute Gasteiger partial charge is 0.0584 e. The van der Waals surface area contributed by atoms with Crippen molar-refractivity contribution in [2.45, 2.75) is 59.5 Å². The maximum Gasteiger partial charge on any atom is 0.0584 e. The van der Waals surface area contributed by atoms with Crippen LogP contribution in [0.15, 0.2) is 0 Å². The van der Waals surface area contributed by atoms with Crippen LogP contribution in [0.1, 0.15) is 47.5 Å². The van der Waals surface area contributed by atoms with E-state index in [9.17, 15) is 5.11 Å². The molecule has 0 saturated carbocycles. The largest absolute Gasteiger partial charge is 0.395 e. The molecule has 0 saturated heterocycles. The van der Waals surface area contributed by atoms with E-state index >= 15 is 0 Å². The van der Waals surface area contributed by atoms with Crippen LogP contribution < -0.4 is 5.32 Å². The molecule has 2 N–H and O–H groups in total. The highest BCUT2D eigenvalue weighted by Gasteiger charge is 2.26. The van der Waals surface area contributed by atoms with E-state index in [1.807, 2.05) is 0 Å². The molecule has 3 nitrogen and oxygen atoms in total. The fourth-order valence-electron chi connectivity index (χ4n) is 2.17. The maximum absolute atomic E-state index is 9.19. The molecule has 104 valence electrons. The molecule has 0 aromatic rings. The molecular formula is C14H32N2O. The summed E-state index contributed by atoms with van der Waals surface area (Å²) in [5, 5.41) is 12.7. The summed E-state index contributed by atoms with van der Waals surface area (Å²) in [4.78, 5) is 2.26. The Hall–Kier alpha value is -0.120. The van der Waals surface area contributed by atoms with E-state index in [-0.39, 0.29) is 18.1 Å². The van der Waals surface area contributed by atoms with Gasteiger partial charge in [0, 0.05) is 25.2 Å². The Morgan fingerprint density at radius 3 is 2.29 bits per heavy atom. The number of hydrogen-bond donors (Lipinski definition) is 2. The van der Waals surface area contributed by atoms with Gasteiger partial charge < -0.3 is 15.3 Å². The van der Waals surface area contributed by atoms with Crippen LogP contribution in [0.3, 0.4) is 0 Å². The minimum atomic E-state index is 0.232. The first kappa shape index (κ1) is 16.9. The molecule has 0 radical (unpaired) electrons. The molecule has 2 atom stereocenters. The third kappa shape index (κ3) is 7.02. The first-order valence-corrected chi connectivity index (χ1v) is 6.89. The summed E-state index contributed by atoms with van der Waals surface area (Å²) in [6, 6.07) is 0.775. The standard InChI is InChI=1S/C14H32N2O/c1-7-8-14(5,10-15-12(2)3)11-16(6)13(4)9-17/h12-13,15,17H,7-11H2,1-6H3. The van der Waals surface area contributed by atoms with E-state index in [0.29, 0.717) is 6.04 Å². The van der Waals surface area contributed by atoms with Gasteiger partial charge >= 0.3 is 0 Å². The fraction of sp³-hybridized carbons (Fsp3) is 1.00. The van der Waals surface area contributed by atoms with E-state index < -0.39 is 0 Å². The van der Waals surface area contributed by atoms with Gasteiger partial charge in [-0.05, 0) is 25.8 Å². The first-order chi connectivity index (χ1) is 7.84. The van der Waals surface area contributed by atoms with Crippen LogP contribution in [0.2, 0.25) is 0 Å². The van der Waals surface area contributed by atoms with Crippen molar-refractivity contribution in [1.29, 1.82) is 0 Å². The zero-order valence-corrected chi connectivity index (χ0v) is 12.6. The molecule has 0 rings (SSSR count). The second-order valence-electron chi connectivity index (χ2n) is 6.04. The minimum absolute atomic E-state index is 0.232. The summed E-state index contributed by atoms with van der Waals surface area (Å²) in [7, 11) is 2.10. The summed E-state index contributed by atoms with van der Waals surface area (Å²) in [6.07, 6.45) is 2.42. The maximum atomic E-state index is 9.19. The van der Waals surface area contributed by atoms with Gasteiger partial charge in [-0.3, -0.25) is 0 Å². The Kier molecular flexibility index (Phi) is 8.01. The summed E-state index contributed by atoms with van der Waals surface area (Å²) >= 11 is 0. The van der Waals surface area contributed by atoms with Gasteiger partial charge in [-0.25, -0.2) is 0 Å². The second-order valence-corrected chi connectivity index (χ2v) is 6.04. The zero-order valence-electron chi connectivity index (χ0n) is 12.6. The second kappa shape index (κ2) is 8.06. The first-order valence-electron chi connectivity index (χ1n) is 6.89. The van der Waals surface area contributed by atoms with Crippen molar-refractivity contribution in [2.24, 2.45) is 5.41 Å². The molecule has 0 aromatic heterocycles. The average Bonchev–Trinajstić information content (AvgIpc) is 2.25. The third-order valence-corrected chi connectivity index (χ3v) is 3.44. The van der Waals surface area contributed by atoms with Crippen molar-refractivity contribution in [3.8, 4) is 0 Å². The fourth-order valence-corrected chi connectivity index (χ4v) is 2.17. The van der Waals surface area contributed by atoms with Gasteiger partial charge in [0.05, 0.1) is 6.61 Å². The number of nitrogens with one attached hydrogen (secondary N) is 1. The molecule has 0 aliphatic carbocycles. The third-order valence-electron chi connectivity index (χ3n) is 3.44. The molecule has 0 aliphatic heterocycles. The van der Waals surface area contributed by atoms with E-state index in [2.05, 4.69) is 51.9 Å². The van der Waals surface area contributed by atoms with Crippen LogP contribution in [0.5, 0.6) is 0 Å². The molecule has 0 fully saturated rings. The van der Waals surface area contributed by atoms with E-state index in [0.717, 1.165) is 13.1 Å². The molecule has 0 spiro atoms. The van der Waals surface area contributed by atoms with Crippen molar-refractivity contribution in [3.05, 3.63) is 0 Å². The molecular weight excluding hydrogens is 212 g/mol. The van der Waals surface area contributed by atoms with E-state index in [1.54, 1.807) is 0 Å². The minimum Gasteiger partial charge on any atom is -0.395 e. The van der Waals surface area contributed by atoms with Crippen molar-refractivity contribution >= 4 is 0 Å². The lowest BCUT2D eigenvalue weighted by Gasteiger charge is -2.37. The average molecular weight is 244 g/mol. The zero-order chi connectivity index (χ0) is 13.5. The molecule has 0 heterocycles. The number of nitrogens with zero attached hydrogens (tertiary/aromatic N) is 1. The Labute approximate surface area is 108 Å². The van der Waals surface area contributed by atoms with Gasteiger partial charge in [-0.1, -0.05) is 34.1 Å². The molecule has 0 bridgehead atoms. The van der Waals surface area contributed by atoms with Gasteiger partial charge in [-0.2, -0.15) is 0 Å². The number of aliphatic hydroxyl groups is 1. The van der Waals surface area contributed by atoms with Crippen LogP contribution in [0.4, 0.5) is 0 Å². The van der Waals surface area contributed by atoms with Crippen LogP contribution in [0.25, 0.3) is 0 Å². The van der Waals surface area contributed by atoms with Gasteiger partial charge in [-0.15, -0.1) is 0 Å².